The minimum Gasteiger partial charge on any atom is -0.309 e. The van der Waals surface area contributed by atoms with Gasteiger partial charge in [0.05, 0.1) is 22.2 Å². The molecule has 0 fully saturated rings. The standard InChI is InChI=1S/C56H33N/c1-7-22-43-35(15-1)36-16-2-8-23-44(36)55(43)45-24-9-5-19-39(45)40-32-31-34(33-50(40)55)57-51-29-12-6-20-41(51)42-21-13-27-48-53(42)54-49(28-14-30-52(54)57)56(48)46-25-10-3-17-37(46)38-18-4-11-26-47(38)56/h1-33H. The highest BCUT2D eigenvalue weighted by Crippen LogP contribution is 2.68. The molecule has 9 aromatic rings. The van der Waals surface area contributed by atoms with Crippen LogP contribution in [0.15, 0.2) is 200 Å². The minimum absolute atomic E-state index is 0.414. The third-order valence-corrected chi connectivity index (χ3v) is 14.0. The lowest BCUT2D eigenvalue weighted by Gasteiger charge is -2.34. The third-order valence-electron chi connectivity index (χ3n) is 14.0. The maximum absolute atomic E-state index is 2.58. The first-order chi connectivity index (χ1) is 28.3. The molecule has 0 unspecified atom stereocenters. The van der Waals surface area contributed by atoms with Crippen LogP contribution >= 0.6 is 0 Å². The lowest BCUT2D eigenvalue weighted by atomic mass is 9.70. The monoisotopic (exact) mass is 719 g/mol. The van der Waals surface area contributed by atoms with Gasteiger partial charge >= 0.3 is 0 Å². The number of hydrogen-bond donors (Lipinski definition) is 0. The van der Waals surface area contributed by atoms with E-state index in [4.69, 9.17) is 0 Å². The van der Waals surface area contributed by atoms with Crippen LogP contribution in [-0.4, -0.2) is 0 Å². The van der Waals surface area contributed by atoms with E-state index >= 15 is 0 Å². The summed E-state index contributed by atoms with van der Waals surface area (Å²) in [5.74, 6) is 0. The second-order valence-corrected chi connectivity index (χ2v) is 16.2. The molecule has 0 atom stereocenters. The van der Waals surface area contributed by atoms with Gasteiger partial charge in [-0.3, -0.25) is 0 Å². The molecule has 1 heterocycles. The number of benzene rings is 9. The van der Waals surface area contributed by atoms with Crippen molar-refractivity contribution in [3.63, 3.8) is 0 Å². The van der Waals surface area contributed by atoms with Crippen LogP contribution in [0.25, 0.3) is 55.6 Å². The molecular formula is C56H33N. The predicted molar refractivity (Wildman–Crippen MR) is 233 cm³/mol. The lowest BCUT2D eigenvalue weighted by molar-refractivity contribution is 0.793. The normalized spacial score (nSPS) is 15.3. The number of hydrogen-bond acceptors (Lipinski definition) is 1. The first kappa shape index (κ1) is 30.1. The molecule has 0 radical (unpaired) electrons. The Balaban J connectivity index is 1.09. The fourth-order valence-electron chi connectivity index (χ4n) is 12.1. The summed E-state index contributed by atoms with van der Waals surface area (Å²) >= 11 is 0. The number of rotatable bonds is 1. The Morgan fingerprint density at radius 3 is 1.16 bits per heavy atom. The summed E-state index contributed by atoms with van der Waals surface area (Å²) in [6.07, 6.45) is 0. The Labute approximate surface area is 331 Å². The average molecular weight is 720 g/mol. The van der Waals surface area contributed by atoms with Gasteiger partial charge in [0.2, 0.25) is 0 Å². The first-order valence-corrected chi connectivity index (χ1v) is 20.1. The SMILES string of the molecule is c1ccc2c(c1)-c1cccc3c1-c1c(cccc1C31c3ccccc3-c3ccccc31)N2c1ccc2c(c1)C1(c3ccccc3-c3ccccc31)c1ccccc1-2. The Morgan fingerprint density at radius 1 is 0.246 bits per heavy atom. The van der Waals surface area contributed by atoms with Gasteiger partial charge in [-0.1, -0.05) is 176 Å². The molecule has 14 rings (SSSR count). The molecule has 0 saturated heterocycles. The van der Waals surface area contributed by atoms with Crippen LogP contribution in [0.3, 0.4) is 0 Å². The van der Waals surface area contributed by atoms with Crippen molar-refractivity contribution in [2.75, 3.05) is 4.90 Å². The number of fused-ring (bicyclic) bond motifs is 19. The van der Waals surface area contributed by atoms with E-state index in [9.17, 15) is 0 Å². The first-order valence-electron chi connectivity index (χ1n) is 20.1. The van der Waals surface area contributed by atoms with Crippen LogP contribution in [0.5, 0.6) is 0 Å². The molecule has 9 aromatic carbocycles. The highest BCUT2D eigenvalue weighted by atomic mass is 15.2. The number of nitrogens with zero attached hydrogens (tertiary/aromatic N) is 1. The van der Waals surface area contributed by atoms with Gasteiger partial charge in [0.25, 0.3) is 0 Å². The quantitative estimate of drug-likeness (QED) is 0.163. The Morgan fingerprint density at radius 2 is 0.614 bits per heavy atom. The zero-order valence-electron chi connectivity index (χ0n) is 31.0. The van der Waals surface area contributed by atoms with Gasteiger partial charge < -0.3 is 4.90 Å². The van der Waals surface area contributed by atoms with Crippen molar-refractivity contribution in [1.82, 2.24) is 0 Å². The molecule has 1 nitrogen and oxygen atoms in total. The summed E-state index contributed by atoms with van der Waals surface area (Å²) in [5.41, 5.74) is 26.9. The molecule has 262 valence electrons. The average Bonchev–Trinajstić information content (AvgIpc) is 3.93. The van der Waals surface area contributed by atoms with Crippen molar-refractivity contribution in [1.29, 1.82) is 0 Å². The smallest absolute Gasteiger partial charge is 0.0726 e. The molecule has 1 aliphatic heterocycles. The molecule has 2 spiro atoms. The molecule has 0 aromatic heterocycles. The van der Waals surface area contributed by atoms with Crippen molar-refractivity contribution in [2.24, 2.45) is 0 Å². The van der Waals surface area contributed by atoms with Crippen molar-refractivity contribution >= 4 is 17.1 Å². The molecule has 4 aliphatic carbocycles. The number of para-hydroxylation sites is 1. The van der Waals surface area contributed by atoms with E-state index in [2.05, 4.69) is 205 Å². The van der Waals surface area contributed by atoms with E-state index in [1.54, 1.807) is 0 Å². The summed E-state index contributed by atoms with van der Waals surface area (Å²) in [5, 5.41) is 0. The van der Waals surface area contributed by atoms with Crippen LogP contribution in [0, 0.1) is 0 Å². The second kappa shape index (κ2) is 10.3. The van der Waals surface area contributed by atoms with E-state index in [1.165, 1.54) is 117 Å². The summed E-state index contributed by atoms with van der Waals surface area (Å²) in [6.45, 7) is 0. The Bertz CT molecular complexity index is 3160. The van der Waals surface area contributed by atoms with Gasteiger partial charge in [0, 0.05) is 16.8 Å². The zero-order chi connectivity index (χ0) is 37.0. The Kier molecular flexibility index (Phi) is 5.45. The summed E-state index contributed by atoms with van der Waals surface area (Å²) in [6, 6.07) is 76.1. The molecule has 5 aliphatic rings. The second-order valence-electron chi connectivity index (χ2n) is 16.2. The molecular weight excluding hydrogens is 687 g/mol. The number of anilines is 3. The molecule has 57 heavy (non-hydrogen) atoms. The van der Waals surface area contributed by atoms with Gasteiger partial charge in [0.15, 0.2) is 0 Å². The largest absolute Gasteiger partial charge is 0.309 e. The summed E-state index contributed by atoms with van der Waals surface area (Å²) < 4.78 is 0. The van der Waals surface area contributed by atoms with E-state index in [1.807, 2.05) is 0 Å². The lowest BCUT2D eigenvalue weighted by Crippen LogP contribution is -2.26. The predicted octanol–water partition coefficient (Wildman–Crippen LogP) is 13.8. The van der Waals surface area contributed by atoms with Gasteiger partial charge in [-0.05, 0) is 113 Å². The Hall–Kier alpha value is -7.22. The maximum atomic E-state index is 2.58. The van der Waals surface area contributed by atoms with Crippen molar-refractivity contribution in [3.05, 3.63) is 245 Å². The van der Waals surface area contributed by atoms with Gasteiger partial charge in [-0.2, -0.15) is 0 Å². The topological polar surface area (TPSA) is 3.24 Å². The fraction of sp³-hybridized carbons (Fsp3) is 0.0357. The highest BCUT2D eigenvalue weighted by Gasteiger charge is 2.55. The van der Waals surface area contributed by atoms with Crippen LogP contribution in [-0.2, 0) is 10.8 Å². The highest BCUT2D eigenvalue weighted by molar-refractivity contribution is 6.10. The van der Waals surface area contributed by atoms with E-state index in [0.29, 0.717) is 0 Å². The van der Waals surface area contributed by atoms with Gasteiger partial charge in [-0.25, -0.2) is 0 Å². The van der Waals surface area contributed by atoms with E-state index < -0.39 is 10.8 Å². The molecule has 0 N–H and O–H groups in total. The fourth-order valence-corrected chi connectivity index (χ4v) is 12.1. The molecule has 0 amide bonds. The van der Waals surface area contributed by atoms with Gasteiger partial charge in [0.1, 0.15) is 0 Å². The van der Waals surface area contributed by atoms with E-state index in [0.717, 1.165) is 0 Å². The van der Waals surface area contributed by atoms with Gasteiger partial charge in [-0.15, -0.1) is 0 Å². The van der Waals surface area contributed by atoms with Crippen molar-refractivity contribution in [3.8, 4) is 55.6 Å². The van der Waals surface area contributed by atoms with Crippen LogP contribution in [0.4, 0.5) is 17.1 Å². The maximum Gasteiger partial charge on any atom is 0.0726 e. The zero-order valence-corrected chi connectivity index (χ0v) is 31.0. The third kappa shape index (κ3) is 3.30. The van der Waals surface area contributed by atoms with Crippen LogP contribution in [0.1, 0.15) is 44.5 Å². The van der Waals surface area contributed by atoms with Crippen molar-refractivity contribution < 1.29 is 0 Å². The van der Waals surface area contributed by atoms with Crippen molar-refractivity contribution in [2.45, 2.75) is 10.8 Å². The minimum atomic E-state index is -0.420. The molecule has 0 bridgehead atoms. The summed E-state index contributed by atoms with van der Waals surface area (Å²) in [7, 11) is 0. The van der Waals surface area contributed by atoms with Crippen LogP contribution < -0.4 is 4.90 Å². The molecule has 1 heteroatoms. The molecule has 0 saturated carbocycles. The van der Waals surface area contributed by atoms with Crippen LogP contribution in [0.2, 0.25) is 0 Å². The van der Waals surface area contributed by atoms with E-state index in [-0.39, 0.29) is 0 Å². The summed E-state index contributed by atoms with van der Waals surface area (Å²) in [4.78, 5) is 2.58.